The van der Waals surface area contributed by atoms with E-state index in [0.717, 1.165) is 12.8 Å². The lowest BCUT2D eigenvalue weighted by Crippen LogP contribution is -2.07. The summed E-state index contributed by atoms with van der Waals surface area (Å²) in [5.41, 5.74) is 9.03. The highest BCUT2D eigenvalue weighted by atomic mass is 16.1. The van der Waals surface area contributed by atoms with Gasteiger partial charge in [-0.15, -0.1) is 0 Å². The third-order valence-corrected chi connectivity index (χ3v) is 2.93. The van der Waals surface area contributed by atoms with Crippen LogP contribution in [0.3, 0.4) is 0 Å². The lowest BCUT2D eigenvalue weighted by Gasteiger charge is -2.08. The number of carbonyl (C=O) groups excluding carboxylic acids is 1. The normalized spacial score (nSPS) is 10.4. The molecule has 0 radical (unpaired) electrons. The lowest BCUT2D eigenvalue weighted by molar-refractivity contribution is -0.118. The maximum absolute atomic E-state index is 11.8. The van der Waals surface area contributed by atoms with Gasteiger partial charge in [0.1, 0.15) is 5.78 Å². The van der Waals surface area contributed by atoms with Crippen molar-refractivity contribution >= 4 is 5.78 Å². The van der Waals surface area contributed by atoms with Crippen LogP contribution in [0.15, 0.2) is 18.2 Å². The van der Waals surface area contributed by atoms with Crippen molar-refractivity contribution in [3.63, 3.8) is 0 Å². The number of Topliss-reactive ketones (excluding diaryl/α,β-unsaturated/α-hetero) is 1. The topological polar surface area (TPSA) is 43.1 Å². The third-order valence-electron chi connectivity index (χ3n) is 2.93. The van der Waals surface area contributed by atoms with E-state index in [9.17, 15) is 4.79 Å². The zero-order valence-electron chi connectivity index (χ0n) is 10.3. The van der Waals surface area contributed by atoms with Gasteiger partial charge in [0.15, 0.2) is 0 Å². The van der Waals surface area contributed by atoms with Crippen LogP contribution in [-0.2, 0) is 11.2 Å². The summed E-state index contributed by atoms with van der Waals surface area (Å²) in [6.07, 6.45) is 3.09. The van der Waals surface area contributed by atoms with Crippen LogP contribution in [0.5, 0.6) is 0 Å². The minimum Gasteiger partial charge on any atom is -0.330 e. The van der Waals surface area contributed by atoms with Crippen LogP contribution >= 0.6 is 0 Å². The van der Waals surface area contributed by atoms with Crippen LogP contribution in [0, 0.1) is 13.8 Å². The fourth-order valence-electron chi connectivity index (χ4n) is 1.88. The number of carbonyl (C=O) groups is 1. The summed E-state index contributed by atoms with van der Waals surface area (Å²) in [4.78, 5) is 11.8. The van der Waals surface area contributed by atoms with E-state index in [1.54, 1.807) is 0 Å². The lowest BCUT2D eigenvalue weighted by atomic mass is 9.96. The van der Waals surface area contributed by atoms with E-state index in [4.69, 9.17) is 5.73 Å². The smallest absolute Gasteiger partial charge is 0.137 e. The fourth-order valence-corrected chi connectivity index (χ4v) is 1.88. The molecule has 2 nitrogen and oxygen atoms in total. The quantitative estimate of drug-likeness (QED) is 0.747. The molecule has 16 heavy (non-hydrogen) atoms. The molecule has 0 atom stereocenters. The van der Waals surface area contributed by atoms with E-state index in [2.05, 4.69) is 26.0 Å². The zero-order chi connectivity index (χ0) is 12.0. The van der Waals surface area contributed by atoms with Gasteiger partial charge in [-0.05, 0) is 49.9 Å². The molecule has 88 valence electrons. The molecule has 0 saturated carbocycles. The average molecular weight is 219 g/mol. The second-order valence-corrected chi connectivity index (χ2v) is 4.33. The number of nitrogens with two attached hydrogens (primary N) is 1. The Morgan fingerprint density at radius 3 is 2.38 bits per heavy atom. The second-order valence-electron chi connectivity index (χ2n) is 4.33. The Kier molecular flexibility index (Phi) is 5.20. The van der Waals surface area contributed by atoms with Crippen molar-refractivity contribution in [3.8, 4) is 0 Å². The van der Waals surface area contributed by atoms with Crippen molar-refractivity contribution in [2.24, 2.45) is 5.73 Å². The number of ketones is 1. The first-order valence-corrected chi connectivity index (χ1v) is 5.92. The van der Waals surface area contributed by atoms with E-state index in [0.29, 0.717) is 25.2 Å². The minimum atomic E-state index is 0.325. The Bertz CT molecular complexity index is 338. The van der Waals surface area contributed by atoms with Gasteiger partial charge in [0.25, 0.3) is 0 Å². The van der Waals surface area contributed by atoms with Crippen LogP contribution in [-0.4, -0.2) is 12.3 Å². The average Bonchev–Trinajstić information content (AvgIpc) is 2.24. The summed E-state index contributed by atoms with van der Waals surface area (Å²) in [5, 5.41) is 0. The third kappa shape index (κ3) is 3.78. The summed E-state index contributed by atoms with van der Waals surface area (Å²) in [6.45, 7) is 4.81. The molecular weight excluding hydrogens is 198 g/mol. The van der Waals surface area contributed by atoms with E-state index in [1.807, 2.05) is 6.07 Å². The monoisotopic (exact) mass is 219 g/mol. The number of hydrogen-bond acceptors (Lipinski definition) is 2. The molecule has 1 aromatic rings. The zero-order valence-corrected chi connectivity index (χ0v) is 10.3. The summed E-state index contributed by atoms with van der Waals surface area (Å²) >= 11 is 0. The second kappa shape index (κ2) is 6.44. The first-order valence-electron chi connectivity index (χ1n) is 5.92. The molecule has 0 amide bonds. The number of unbranched alkanes of at least 4 members (excludes halogenated alkanes) is 1. The molecule has 0 spiro atoms. The maximum atomic E-state index is 11.8. The standard InChI is InChI=1S/C14H21NO/c1-11-6-5-7-12(2)14(11)10-13(16)8-3-4-9-15/h5-7H,3-4,8-10,15H2,1-2H3. The Morgan fingerprint density at radius 1 is 1.19 bits per heavy atom. The molecule has 0 aliphatic rings. The molecule has 0 saturated heterocycles. The number of rotatable bonds is 6. The number of benzene rings is 1. The molecule has 1 rings (SSSR count). The summed E-state index contributed by atoms with van der Waals surface area (Å²) in [7, 11) is 0. The molecule has 0 aliphatic carbocycles. The van der Waals surface area contributed by atoms with Crippen molar-refractivity contribution in [2.45, 2.75) is 39.5 Å². The summed E-state index contributed by atoms with van der Waals surface area (Å²) in [6, 6.07) is 6.16. The molecule has 2 heteroatoms. The van der Waals surface area contributed by atoms with Crippen LogP contribution in [0.4, 0.5) is 0 Å². The molecule has 0 fully saturated rings. The van der Waals surface area contributed by atoms with Gasteiger partial charge in [-0.2, -0.15) is 0 Å². The Balaban J connectivity index is 2.56. The molecule has 2 N–H and O–H groups in total. The van der Waals surface area contributed by atoms with Crippen LogP contribution < -0.4 is 5.73 Å². The number of hydrogen-bond donors (Lipinski definition) is 1. The molecular formula is C14H21NO. The highest BCUT2D eigenvalue weighted by Gasteiger charge is 2.07. The van der Waals surface area contributed by atoms with Crippen LogP contribution in [0.1, 0.15) is 36.0 Å². The molecule has 0 heterocycles. The van der Waals surface area contributed by atoms with Gasteiger partial charge >= 0.3 is 0 Å². The van der Waals surface area contributed by atoms with Crippen molar-refractivity contribution in [1.29, 1.82) is 0 Å². The van der Waals surface area contributed by atoms with Gasteiger partial charge < -0.3 is 5.73 Å². The maximum Gasteiger partial charge on any atom is 0.137 e. The predicted molar refractivity (Wildman–Crippen MR) is 67.5 cm³/mol. The molecule has 1 aromatic carbocycles. The SMILES string of the molecule is Cc1cccc(C)c1CC(=O)CCCCN. The van der Waals surface area contributed by atoms with E-state index < -0.39 is 0 Å². The van der Waals surface area contributed by atoms with Gasteiger partial charge in [-0.3, -0.25) is 4.79 Å². The Labute approximate surface area is 97.9 Å². The van der Waals surface area contributed by atoms with Gasteiger partial charge in [-0.1, -0.05) is 18.2 Å². The first kappa shape index (κ1) is 12.9. The minimum absolute atomic E-state index is 0.325. The largest absolute Gasteiger partial charge is 0.330 e. The highest BCUT2D eigenvalue weighted by molar-refractivity contribution is 5.81. The van der Waals surface area contributed by atoms with Crippen LogP contribution in [0.2, 0.25) is 0 Å². The first-order chi connectivity index (χ1) is 7.65. The highest BCUT2D eigenvalue weighted by Crippen LogP contribution is 2.15. The van der Waals surface area contributed by atoms with Gasteiger partial charge in [0, 0.05) is 12.8 Å². The fraction of sp³-hybridized carbons (Fsp3) is 0.500. The van der Waals surface area contributed by atoms with Crippen molar-refractivity contribution < 1.29 is 4.79 Å². The van der Waals surface area contributed by atoms with E-state index in [-0.39, 0.29) is 0 Å². The summed E-state index contributed by atoms with van der Waals surface area (Å²) < 4.78 is 0. The van der Waals surface area contributed by atoms with Crippen molar-refractivity contribution in [3.05, 3.63) is 34.9 Å². The van der Waals surface area contributed by atoms with E-state index >= 15 is 0 Å². The van der Waals surface area contributed by atoms with Gasteiger partial charge in [0.2, 0.25) is 0 Å². The molecule has 0 unspecified atom stereocenters. The number of aryl methyl sites for hydroxylation is 2. The molecule has 0 aromatic heterocycles. The molecule has 0 bridgehead atoms. The van der Waals surface area contributed by atoms with Gasteiger partial charge in [-0.25, -0.2) is 0 Å². The summed E-state index contributed by atoms with van der Waals surface area (Å²) in [5.74, 6) is 0.325. The van der Waals surface area contributed by atoms with E-state index in [1.165, 1.54) is 16.7 Å². The Morgan fingerprint density at radius 2 is 1.81 bits per heavy atom. The van der Waals surface area contributed by atoms with Crippen molar-refractivity contribution in [1.82, 2.24) is 0 Å². The Hall–Kier alpha value is -1.15. The van der Waals surface area contributed by atoms with Gasteiger partial charge in [0.05, 0.1) is 0 Å². The van der Waals surface area contributed by atoms with Crippen LogP contribution in [0.25, 0.3) is 0 Å². The van der Waals surface area contributed by atoms with Crippen molar-refractivity contribution in [2.75, 3.05) is 6.54 Å². The molecule has 0 aliphatic heterocycles. The predicted octanol–water partition coefficient (Wildman–Crippen LogP) is 2.54.